The number of hydrogen-bond acceptors (Lipinski definition) is 5. The molecule has 0 aliphatic heterocycles. The van der Waals surface area contributed by atoms with E-state index < -0.39 is 0 Å². The van der Waals surface area contributed by atoms with Crippen LogP contribution in [0.4, 0.5) is 5.69 Å². The van der Waals surface area contributed by atoms with Crippen molar-refractivity contribution in [1.82, 2.24) is 5.32 Å². The summed E-state index contributed by atoms with van der Waals surface area (Å²) in [5, 5.41) is 5.92. The van der Waals surface area contributed by atoms with Crippen molar-refractivity contribution in [3.63, 3.8) is 0 Å². The highest BCUT2D eigenvalue weighted by Crippen LogP contribution is 2.33. The lowest BCUT2D eigenvalue weighted by molar-refractivity contribution is -0.113. The molecule has 1 aliphatic rings. The third-order valence-corrected chi connectivity index (χ3v) is 5.92. The van der Waals surface area contributed by atoms with E-state index in [1.54, 1.807) is 38.5 Å². The lowest BCUT2D eigenvalue weighted by Crippen LogP contribution is -2.34. The molecule has 6 nitrogen and oxygen atoms in total. The number of nitrogens with one attached hydrogen (secondary N) is 2. The number of carbonyl (C=O) groups is 2. The van der Waals surface area contributed by atoms with Crippen LogP contribution in [0.2, 0.25) is 0 Å². The Labute approximate surface area is 175 Å². The lowest BCUT2D eigenvalue weighted by Gasteiger charge is -2.15. The fraction of sp³-hybridized carbons (Fsp3) is 0.364. The van der Waals surface area contributed by atoms with Gasteiger partial charge >= 0.3 is 0 Å². The molecule has 2 aromatic rings. The van der Waals surface area contributed by atoms with Gasteiger partial charge in [0, 0.05) is 22.7 Å². The zero-order valence-electron chi connectivity index (χ0n) is 16.9. The molecule has 1 aliphatic carbocycles. The lowest BCUT2D eigenvalue weighted by atomic mass is 10.1. The Morgan fingerprint density at radius 2 is 1.83 bits per heavy atom. The third kappa shape index (κ3) is 5.67. The summed E-state index contributed by atoms with van der Waals surface area (Å²) >= 11 is 1.34. The van der Waals surface area contributed by atoms with Crippen molar-refractivity contribution in [3.8, 4) is 11.5 Å². The van der Waals surface area contributed by atoms with Gasteiger partial charge in [-0.05, 0) is 49.9 Å². The van der Waals surface area contributed by atoms with Crippen LogP contribution in [-0.4, -0.2) is 37.8 Å². The van der Waals surface area contributed by atoms with Gasteiger partial charge in [-0.15, -0.1) is 11.8 Å². The molecule has 1 saturated carbocycles. The van der Waals surface area contributed by atoms with E-state index in [1.807, 2.05) is 25.1 Å². The number of hydrogen-bond donors (Lipinski definition) is 2. The Balaban J connectivity index is 1.59. The molecular weight excluding hydrogens is 388 g/mol. The molecule has 0 radical (unpaired) electrons. The van der Waals surface area contributed by atoms with Gasteiger partial charge in [0.15, 0.2) is 11.5 Å². The highest BCUT2D eigenvalue weighted by Gasteiger charge is 2.29. The van der Waals surface area contributed by atoms with Gasteiger partial charge < -0.3 is 20.1 Å². The van der Waals surface area contributed by atoms with Crippen LogP contribution in [0.25, 0.3) is 0 Å². The monoisotopic (exact) mass is 414 g/mol. The van der Waals surface area contributed by atoms with Crippen molar-refractivity contribution in [2.24, 2.45) is 5.92 Å². The topological polar surface area (TPSA) is 76.7 Å². The van der Waals surface area contributed by atoms with Gasteiger partial charge in [0.1, 0.15) is 0 Å². The summed E-state index contributed by atoms with van der Waals surface area (Å²) in [5.74, 6) is 1.67. The zero-order valence-corrected chi connectivity index (χ0v) is 17.7. The van der Waals surface area contributed by atoms with E-state index in [4.69, 9.17) is 9.47 Å². The molecule has 1 unspecified atom stereocenters. The second-order valence-electron chi connectivity index (χ2n) is 7.00. The van der Waals surface area contributed by atoms with E-state index >= 15 is 0 Å². The first kappa shape index (κ1) is 21.0. The standard InChI is InChI=1S/C22H26N2O4S/c1-14(15-8-9-15)23-22(26)17-6-4-5-7-20(17)29-13-21(25)24-16-10-11-18(27-2)19(12-16)28-3/h4-7,10-12,14-15H,8-9,13H2,1-3H3,(H,23,26)(H,24,25). The van der Waals surface area contributed by atoms with Crippen molar-refractivity contribution < 1.29 is 19.1 Å². The first-order valence-electron chi connectivity index (χ1n) is 9.56. The van der Waals surface area contributed by atoms with Crippen LogP contribution in [0.3, 0.4) is 0 Å². The summed E-state index contributed by atoms with van der Waals surface area (Å²) in [6, 6.07) is 12.7. The largest absolute Gasteiger partial charge is 0.493 e. The maximum atomic E-state index is 12.6. The first-order chi connectivity index (χ1) is 14.0. The molecule has 0 aromatic heterocycles. The maximum Gasteiger partial charge on any atom is 0.252 e. The van der Waals surface area contributed by atoms with Crippen molar-refractivity contribution in [1.29, 1.82) is 0 Å². The minimum absolute atomic E-state index is 0.0900. The van der Waals surface area contributed by atoms with Crippen molar-refractivity contribution >= 4 is 29.3 Å². The summed E-state index contributed by atoms with van der Waals surface area (Å²) in [6.45, 7) is 2.04. The second-order valence-corrected chi connectivity index (χ2v) is 8.02. The predicted octanol–water partition coefficient (Wildman–Crippen LogP) is 3.96. The number of carbonyl (C=O) groups excluding carboxylic acids is 2. The molecule has 3 rings (SSSR count). The molecule has 0 saturated heterocycles. The normalized spacial score (nSPS) is 14.0. The quantitative estimate of drug-likeness (QED) is 0.608. The van der Waals surface area contributed by atoms with Gasteiger partial charge in [-0.2, -0.15) is 0 Å². The van der Waals surface area contributed by atoms with Gasteiger partial charge in [-0.25, -0.2) is 0 Å². The minimum atomic E-state index is -0.163. The summed E-state index contributed by atoms with van der Waals surface area (Å²) in [5.41, 5.74) is 1.22. The molecule has 2 aromatic carbocycles. The van der Waals surface area contributed by atoms with Crippen molar-refractivity contribution in [2.45, 2.75) is 30.7 Å². The van der Waals surface area contributed by atoms with Crippen molar-refractivity contribution in [2.75, 3.05) is 25.3 Å². The van der Waals surface area contributed by atoms with Crippen LogP contribution in [0.15, 0.2) is 47.4 Å². The number of benzene rings is 2. The average molecular weight is 415 g/mol. The van der Waals surface area contributed by atoms with Gasteiger partial charge in [-0.3, -0.25) is 9.59 Å². The Hall–Kier alpha value is -2.67. The van der Waals surface area contributed by atoms with Crippen LogP contribution >= 0.6 is 11.8 Å². The molecule has 7 heteroatoms. The summed E-state index contributed by atoms with van der Waals surface area (Å²) in [6.07, 6.45) is 2.35. The molecule has 0 heterocycles. The van der Waals surface area contributed by atoms with Gasteiger partial charge in [0.2, 0.25) is 5.91 Å². The van der Waals surface area contributed by atoms with E-state index in [0.717, 1.165) is 4.90 Å². The van der Waals surface area contributed by atoms with Crippen LogP contribution in [0.5, 0.6) is 11.5 Å². The molecule has 0 spiro atoms. The van der Waals surface area contributed by atoms with Crippen LogP contribution in [0, 0.1) is 5.92 Å². The van der Waals surface area contributed by atoms with Crippen LogP contribution in [-0.2, 0) is 4.79 Å². The fourth-order valence-electron chi connectivity index (χ4n) is 3.03. The van der Waals surface area contributed by atoms with E-state index in [-0.39, 0.29) is 23.6 Å². The highest BCUT2D eigenvalue weighted by molar-refractivity contribution is 8.00. The molecule has 2 amide bonds. The zero-order chi connectivity index (χ0) is 20.8. The predicted molar refractivity (Wildman–Crippen MR) is 115 cm³/mol. The van der Waals surface area contributed by atoms with Crippen LogP contribution in [0.1, 0.15) is 30.1 Å². The number of methoxy groups -OCH3 is 2. The maximum absolute atomic E-state index is 12.6. The van der Waals surface area contributed by atoms with Gasteiger partial charge in [-0.1, -0.05) is 12.1 Å². The summed E-state index contributed by atoms with van der Waals surface area (Å²) < 4.78 is 10.5. The third-order valence-electron chi connectivity index (χ3n) is 4.85. The molecule has 2 N–H and O–H groups in total. The van der Waals surface area contributed by atoms with Gasteiger partial charge in [0.25, 0.3) is 5.91 Å². The molecular formula is C22H26N2O4S. The Kier molecular flexibility index (Phi) is 7.04. The molecule has 1 fully saturated rings. The van der Waals surface area contributed by atoms with E-state index in [9.17, 15) is 9.59 Å². The van der Waals surface area contributed by atoms with Crippen molar-refractivity contribution in [3.05, 3.63) is 48.0 Å². The number of anilines is 1. The SMILES string of the molecule is COc1ccc(NC(=O)CSc2ccccc2C(=O)NC(C)C2CC2)cc1OC. The summed E-state index contributed by atoms with van der Waals surface area (Å²) in [7, 11) is 3.11. The average Bonchev–Trinajstić information content (AvgIpc) is 3.57. The molecule has 1 atom stereocenters. The van der Waals surface area contributed by atoms with E-state index in [0.29, 0.717) is 28.7 Å². The number of ether oxygens (including phenoxy) is 2. The van der Waals surface area contributed by atoms with E-state index in [2.05, 4.69) is 10.6 Å². The number of thioether (sulfide) groups is 1. The molecule has 29 heavy (non-hydrogen) atoms. The molecule has 154 valence electrons. The van der Waals surface area contributed by atoms with Crippen LogP contribution < -0.4 is 20.1 Å². The Morgan fingerprint density at radius 3 is 2.52 bits per heavy atom. The second kappa shape index (κ2) is 9.69. The Morgan fingerprint density at radius 1 is 1.10 bits per heavy atom. The fourth-order valence-corrected chi connectivity index (χ4v) is 3.88. The molecule has 0 bridgehead atoms. The Bertz CT molecular complexity index is 883. The smallest absolute Gasteiger partial charge is 0.252 e. The first-order valence-corrected chi connectivity index (χ1v) is 10.5. The van der Waals surface area contributed by atoms with E-state index in [1.165, 1.54) is 24.6 Å². The summed E-state index contributed by atoms with van der Waals surface area (Å²) in [4.78, 5) is 25.8. The number of amides is 2. The minimum Gasteiger partial charge on any atom is -0.493 e. The van der Waals surface area contributed by atoms with Gasteiger partial charge in [0.05, 0.1) is 25.5 Å². The highest BCUT2D eigenvalue weighted by atomic mass is 32.2. The number of rotatable bonds is 9.